The number of aromatic amines is 1. The number of thiophene rings is 1. The summed E-state index contributed by atoms with van der Waals surface area (Å²) in [7, 11) is 3.32. The van der Waals surface area contributed by atoms with Crippen molar-refractivity contribution in [3.05, 3.63) is 62.0 Å². The predicted octanol–water partition coefficient (Wildman–Crippen LogP) is 4.01. The zero-order valence-corrected chi connectivity index (χ0v) is 18.6. The third-order valence-electron chi connectivity index (χ3n) is 4.91. The molecule has 0 aliphatic heterocycles. The number of esters is 1. The maximum atomic E-state index is 12.6. The normalized spacial score (nSPS) is 12.0. The van der Waals surface area contributed by atoms with Crippen molar-refractivity contribution in [2.45, 2.75) is 46.2 Å². The smallest absolute Gasteiger partial charge is 0.348 e. The highest BCUT2D eigenvalue weighted by Gasteiger charge is 2.20. The van der Waals surface area contributed by atoms with Crippen LogP contribution in [0.2, 0.25) is 0 Å². The van der Waals surface area contributed by atoms with E-state index in [9.17, 15) is 9.59 Å². The average Bonchev–Trinajstić information content (AvgIpc) is 2.97. The number of ether oxygens (including phenoxy) is 1. The monoisotopic (exact) mass is 413 g/mol. The summed E-state index contributed by atoms with van der Waals surface area (Å²) in [5, 5.41) is 0.458. The molecule has 0 aliphatic carbocycles. The number of fused-ring (bicyclic) bond motifs is 1. The molecule has 0 bridgehead atoms. The van der Waals surface area contributed by atoms with Gasteiger partial charge in [0.05, 0.1) is 19.0 Å². The lowest BCUT2D eigenvalue weighted by Gasteiger charge is -2.20. The Hall–Kier alpha value is -2.51. The van der Waals surface area contributed by atoms with Gasteiger partial charge in [0.1, 0.15) is 15.5 Å². The highest BCUT2D eigenvalue weighted by atomic mass is 32.1. The minimum Gasteiger partial charge on any atom is -0.465 e. The minimum atomic E-state index is -0.442. The van der Waals surface area contributed by atoms with Crippen LogP contribution in [0.5, 0.6) is 0 Å². The highest BCUT2D eigenvalue weighted by molar-refractivity contribution is 7.20. The molecule has 2 heterocycles. The van der Waals surface area contributed by atoms with E-state index in [1.807, 2.05) is 7.05 Å². The molecule has 29 heavy (non-hydrogen) atoms. The summed E-state index contributed by atoms with van der Waals surface area (Å²) >= 11 is 1.20. The van der Waals surface area contributed by atoms with E-state index >= 15 is 0 Å². The Labute approximate surface area is 174 Å². The van der Waals surface area contributed by atoms with E-state index in [1.165, 1.54) is 29.6 Å². The molecule has 6 nitrogen and oxygen atoms in total. The number of benzene rings is 1. The van der Waals surface area contributed by atoms with Crippen molar-refractivity contribution in [1.82, 2.24) is 14.9 Å². The molecule has 3 aromatic rings. The van der Waals surface area contributed by atoms with Crippen molar-refractivity contribution in [2.24, 2.45) is 0 Å². The molecule has 0 saturated heterocycles. The Balaban J connectivity index is 1.79. The number of carbonyl (C=O) groups is 1. The molecule has 0 aliphatic rings. The lowest BCUT2D eigenvalue weighted by molar-refractivity contribution is 0.0605. The molecule has 0 amide bonds. The van der Waals surface area contributed by atoms with E-state index in [1.54, 1.807) is 6.92 Å². The summed E-state index contributed by atoms with van der Waals surface area (Å²) in [6.45, 7) is 9.58. The molecule has 0 fully saturated rings. The number of aryl methyl sites for hydroxylation is 1. The molecule has 0 unspecified atom stereocenters. The van der Waals surface area contributed by atoms with Gasteiger partial charge in [-0.05, 0) is 36.1 Å². The van der Waals surface area contributed by atoms with Crippen molar-refractivity contribution >= 4 is 27.5 Å². The van der Waals surface area contributed by atoms with E-state index in [0.29, 0.717) is 33.0 Å². The Bertz CT molecular complexity index is 1090. The molecule has 154 valence electrons. The molecule has 1 N–H and O–H groups in total. The maximum absolute atomic E-state index is 12.6. The Morgan fingerprint density at radius 2 is 1.86 bits per heavy atom. The second kappa shape index (κ2) is 8.08. The van der Waals surface area contributed by atoms with Crippen molar-refractivity contribution in [3.8, 4) is 0 Å². The predicted molar refractivity (Wildman–Crippen MR) is 117 cm³/mol. The van der Waals surface area contributed by atoms with Gasteiger partial charge >= 0.3 is 5.97 Å². The molecule has 2 aromatic heterocycles. The molecule has 3 rings (SSSR count). The van der Waals surface area contributed by atoms with Crippen LogP contribution in [0.25, 0.3) is 10.2 Å². The minimum absolute atomic E-state index is 0.130. The molecule has 0 atom stereocenters. The summed E-state index contributed by atoms with van der Waals surface area (Å²) in [5.74, 6) is 0.135. The van der Waals surface area contributed by atoms with Gasteiger partial charge in [0.2, 0.25) is 0 Å². The largest absolute Gasteiger partial charge is 0.465 e. The summed E-state index contributed by atoms with van der Waals surface area (Å²) in [4.78, 5) is 35.0. The number of nitrogens with one attached hydrogen (secondary N) is 1. The van der Waals surface area contributed by atoms with Gasteiger partial charge in [-0.15, -0.1) is 11.3 Å². The van der Waals surface area contributed by atoms with Gasteiger partial charge in [-0.1, -0.05) is 45.0 Å². The van der Waals surface area contributed by atoms with E-state index < -0.39 is 5.97 Å². The van der Waals surface area contributed by atoms with Gasteiger partial charge in [-0.2, -0.15) is 0 Å². The number of aromatic nitrogens is 2. The molecule has 0 radical (unpaired) electrons. The third-order valence-corrected chi connectivity index (χ3v) is 6.08. The first kappa shape index (κ1) is 21.2. The SMILES string of the molecule is COC(=O)c1sc2nc(CN(C)Cc3ccc(C(C)(C)C)cc3)[nH]c(=O)c2c1C. The zero-order valence-electron chi connectivity index (χ0n) is 17.8. The summed E-state index contributed by atoms with van der Waals surface area (Å²) in [6.07, 6.45) is 0. The fourth-order valence-corrected chi connectivity index (χ4v) is 4.40. The first-order valence-corrected chi connectivity index (χ1v) is 10.3. The second-order valence-corrected chi connectivity index (χ2v) is 9.36. The fraction of sp³-hybridized carbons (Fsp3) is 0.409. The van der Waals surface area contributed by atoms with Crippen molar-refractivity contribution in [2.75, 3.05) is 14.2 Å². The molecule has 0 saturated carbocycles. The number of hydrogen-bond donors (Lipinski definition) is 1. The maximum Gasteiger partial charge on any atom is 0.348 e. The lowest BCUT2D eigenvalue weighted by atomic mass is 9.87. The van der Waals surface area contributed by atoms with Gasteiger partial charge in [-0.25, -0.2) is 9.78 Å². The van der Waals surface area contributed by atoms with Gasteiger partial charge in [0.25, 0.3) is 5.56 Å². The molecule has 7 heteroatoms. The first-order valence-electron chi connectivity index (χ1n) is 9.48. The van der Waals surface area contributed by atoms with E-state index in [4.69, 9.17) is 4.74 Å². The molecule has 1 aromatic carbocycles. The summed E-state index contributed by atoms with van der Waals surface area (Å²) in [5.41, 5.74) is 3.02. The van der Waals surface area contributed by atoms with E-state index in [2.05, 4.69) is 59.9 Å². The van der Waals surface area contributed by atoms with E-state index in [0.717, 1.165) is 6.54 Å². The van der Waals surface area contributed by atoms with Crippen molar-refractivity contribution < 1.29 is 9.53 Å². The van der Waals surface area contributed by atoms with Crippen LogP contribution >= 0.6 is 11.3 Å². The zero-order chi connectivity index (χ0) is 21.3. The summed E-state index contributed by atoms with van der Waals surface area (Å²) < 4.78 is 4.80. The second-order valence-electron chi connectivity index (χ2n) is 8.36. The van der Waals surface area contributed by atoms with Crippen LogP contribution in [-0.2, 0) is 23.2 Å². The van der Waals surface area contributed by atoms with Crippen LogP contribution in [0.4, 0.5) is 0 Å². The molecule has 0 spiro atoms. The third kappa shape index (κ3) is 4.57. The van der Waals surface area contributed by atoms with Crippen LogP contribution in [0.1, 0.15) is 53.0 Å². The van der Waals surface area contributed by atoms with Crippen LogP contribution in [0.3, 0.4) is 0 Å². The van der Waals surface area contributed by atoms with Crippen LogP contribution < -0.4 is 5.56 Å². The quantitative estimate of drug-likeness (QED) is 0.640. The Morgan fingerprint density at radius 3 is 2.45 bits per heavy atom. The highest BCUT2D eigenvalue weighted by Crippen LogP contribution is 2.27. The number of nitrogens with zero attached hydrogens (tertiary/aromatic N) is 2. The average molecular weight is 414 g/mol. The number of carbonyl (C=O) groups excluding carboxylic acids is 1. The number of hydrogen-bond acceptors (Lipinski definition) is 6. The van der Waals surface area contributed by atoms with Gasteiger partial charge < -0.3 is 9.72 Å². The fourth-order valence-electron chi connectivity index (χ4n) is 3.28. The van der Waals surface area contributed by atoms with Crippen LogP contribution in [0, 0.1) is 6.92 Å². The van der Waals surface area contributed by atoms with Crippen LogP contribution in [-0.4, -0.2) is 35.0 Å². The van der Waals surface area contributed by atoms with Crippen molar-refractivity contribution in [1.29, 1.82) is 0 Å². The standard InChI is InChI=1S/C22H27N3O3S/c1-13-17-19(26)23-16(24-20(17)29-18(13)21(27)28-6)12-25(5)11-14-7-9-15(10-8-14)22(2,3)4/h7-10H,11-12H2,1-6H3,(H,23,24,26). The topological polar surface area (TPSA) is 75.3 Å². The number of rotatable bonds is 5. The summed E-state index contributed by atoms with van der Waals surface area (Å²) in [6, 6.07) is 8.61. The van der Waals surface area contributed by atoms with Crippen LogP contribution in [0.15, 0.2) is 29.1 Å². The van der Waals surface area contributed by atoms with Gasteiger partial charge in [-0.3, -0.25) is 9.69 Å². The van der Waals surface area contributed by atoms with Crippen molar-refractivity contribution in [3.63, 3.8) is 0 Å². The Kier molecular flexibility index (Phi) is 5.91. The number of H-pyrrole nitrogens is 1. The van der Waals surface area contributed by atoms with Gasteiger partial charge in [0.15, 0.2) is 0 Å². The van der Waals surface area contributed by atoms with E-state index in [-0.39, 0.29) is 11.0 Å². The van der Waals surface area contributed by atoms with Gasteiger partial charge in [0, 0.05) is 6.54 Å². The first-order chi connectivity index (χ1) is 13.6. The Morgan fingerprint density at radius 1 is 1.21 bits per heavy atom. The molecular weight excluding hydrogens is 386 g/mol. The molecular formula is C22H27N3O3S. The lowest BCUT2D eigenvalue weighted by Crippen LogP contribution is -2.21. The number of methoxy groups -OCH3 is 1.